The van der Waals surface area contributed by atoms with E-state index in [4.69, 9.17) is 9.47 Å². The van der Waals surface area contributed by atoms with Gasteiger partial charge in [-0.3, -0.25) is 14.4 Å². The summed E-state index contributed by atoms with van der Waals surface area (Å²) in [6.07, 6.45) is -0.873. The quantitative estimate of drug-likeness (QED) is 0.276. The molecule has 0 N–H and O–H groups in total. The number of carbonyl (C=O) groups excluding carboxylic acids is 3. The van der Waals surface area contributed by atoms with Gasteiger partial charge in [-0.25, -0.2) is 0 Å². The Hall–Kier alpha value is -3.99. The van der Waals surface area contributed by atoms with Crippen LogP contribution in [0.4, 0.5) is 0 Å². The fourth-order valence-corrected chi connectivity index (χ4v) is 4.29. The molecule has 0 aromatic heterocycles. The molecule has 0 spiro atoms. The van der Waals surface area contributed by atoms with E-state index in [0.717, 1.165) is 11.1 Å². The number of hydrogen-bond acceptors (Lipinski definition) is 5. The summed E-state index contributed by atoms with van der Waals surface area (Å²) in [5, 5.41) is 0. The number of hydrogen-bond donors (Lipinski definition) is 0. The van der Waals surface area contributed by atoms with Crippen LogP contribution in [0, 0.1) is 0 Å². The SMILES string of the molecule is C=C(Oc1ccc(C(C)=O)cc1)C1c2cc(C(C)(C)C)ccc2OC1C(=O)c1ccc(C(C)=O)cc1. The number of ketones is 3. The molecule has 36 heavy (non-hydrogen) atoms. The highest BCUT2D eigenvalue weighted by molar-refractivity contribution is 6.02. The van der Waals surface area contributed by atoms with Crippen molar-refractivity contribution in [2.75, 3.05) is 0 Å². The Morgan fingerprint density at radius 2 is 1.33 bits per heavy atom. The monoisotopic (exact) mass is 482 g/mol. The van der Waals surface area contributed by atoms with Gasteiger partial charge in [0.15, 0.2) is 17.7 Å². The van der Waals surface area contributed by atoms with E-state index in [9.17, 15) is 14.4 Å². The Labute approximate surface area is 211 Å². The fraction of sp³-hybridized carbons (Fsp3) is 0.258. The highest BCUT2D eigenvalue weighted by Crippen LogP contribution is 2.45. The molecule has 0 bridgehead atoms. The van der Waals surface area contributed by atoms with Crippen LogP contribution >= 0.6 is 0 Å². The maximum Gasteiger partial charge on any atom is 0.204 e. The van der Waals surface area contributed by atoms with Crippen LogP contribution in [-0.4, -0.2) is 23.5 Å². The predicted octanol–water partition coefficient (Wildman–Crippen LogP) is 6.71. The van der Waals surface area contributed by atoms with Crippen molar-refractivity contribution < 1.29 is 23.9 Å². The summed E-state index contributed by atoms with van der Waals surface area (Å²) in [5.74, 6) is 0.633. The van der Waals surface area contributed by atoms with E-state index >= 15 is 0 Å². The van der Waals surface area contributed by atoms with Gasteiger partial charge in [-0.05, 0) is 55.2 Å². The zero-order valence-electron chi connectivity index (χ0n) is 21.3. The number of fused-ring (bicyclic) bond motifs is 1. The number of rotatable bonds is 7. The molecule has 184 valence electrons. The molecule has 5 heteroatoms. The van der Waals surface area contributed by atoms with Gasteiger partial charge in [0, 0.05) is 22.3 Å². The Kier molecular flexibility index (Phi) is 6.68. The summed E-state index contributed by atoms with van der Waals surface area (Å²) in [6.45, 7) is 13.5. The van der Waals surface area contributed by atoms with Gasteiger partial charge >= 0.3 is 0 Å². The summed E-state index contributed by atoms with van der Waals surface area (Å²) >= 11 is 0. The third-order valence-electron chi connectivity index (χ3n) is 6.46. The second-order valence-corrected chi connectivity index (χ2v) is 10.2. The minimum Gasteiger partial charge on any atom is -0.481 e. The van der Waals surface area contributed by atoms with Crippen molar-refractivity contribution in [2.45, 2.75) is 52.1 Å². The lowest BCUT2D eigenvalue weighted by atomic mass is 9.83. The molecule has 4 rings (SSSR count). The zero-order chi connectivity index (χ0) is 26.2. The predicted molar refractivity (Wildman–Crippen MR) is 139 cm³/mol. The Morgan fingerprint density at radius 3 is 1.86 bits per heavy atom. The molecule has 1 aliphatic heterocycles. The van der Waals surface area contributed by atoms with Crippen molar-refractivity contribution in [3.63, 3.8) is 0 Å². The molecular formula is C31H30O5. The number of Topliss-reactive ketones (excluding diaryl/α,β-unsaturated/α-hetero) is 3. The van der Waals surface area contributed by atoms with Crippen LogP contribution in [0.25, 0.3) is 0 Å². The first kappa shape index (κ1) is 25.1. The second kappa shape index (κ2) is 9.57. The minimum atomic E-state index is -0.873. The van der Waals surface area contributed by atoms with Gasteiger partial charge in [-0.15, -0.1) is 0 Å². The summed E-state index contributed by atoms with van der Waals surface area (Å²) < 4.78 is 12.3. The van der Waals surface area contributed by atoms with Crippen molar-refractivity contribution in [1.82, 2.24) is 0 Å². The molecule has 0 amide bonds. The molecule has 2 atom stereocenters. The third kappa shape index (κ3) is 5.01. The molecule has 5 nitrogen and oxygen atoms in total. The minimum absolute atomic E-state index is 0.0327. The van der Waals surface area contributed by atoms with Gasteiger partial charge in [0.1, 0.15) is 17.3 Å². The normalized spacial score (nSPS) is 16.6. The average molecular weight is 483 g/mol. The van der Waals surface area contributed by atoms with E-state index in [1.165, 1.54) is 13.8 Å². The van der Waals surface area contributed by atoms with Gasteiger partial charge in [0.05, 0.1) is 5.92 Å². The van der Waals surface area contributed by atoms with E-state index in [0.29, 0.717) is 33.9 Å². The largest absolute Gasteiger partial charge is 0.481 e. The number of ether oxygens (including phenoxy) is 2. The first-order valence-electron chi connectivity index (χ1n) is 11.9. The van der Waals surface area contributed by atoms with Crippen LogP contribution in [-0.2, 0) is 5.41 Å². The number of benzene rings is 3. The molecule has 2 unspecified atom stereocenters. The van der Waals surface area contributed by atoms with E-state index in [1.807, 2.05) is 12.1 Å². The molecule has 3 aromatic carbocycles. The van der Waals surface area contributed by atoms with E-state index in [-0.39, 0.29) is 22.8 Å². The maximum absolute atomic E-state index is 13.6. The summed E-state index contributed by atoms with van der Waals surface area (Å²) in [5.41, 5.74) is 3.40. The third-order valence-corrected chi connectivity index (χ3v) is 6.46. The standard InChI is InChI=1S/C31H30O5/c1-18(32)21-7-9-23(10-8-21)29(34)30-28(20(3)35-25-14-11-22(12-15-25)19(2)33)26-17-24(31(4,5)6)13-16-27(26)36-30/h7-17,28,30H,3H2,1-2,4-6H3. The second-order valence-electron chi connectivity index (χ2n) is 10.2. The molecule has 3 aromatic rings. The van der Waals surface area contributed by atoms with Crippen LogP contribution < -0.4 is 9.47 Å². The topological polar surface area (TPSA) is 69.7 Å². The molecule has 0 radical (unpaired) electrons. The van der Waals surface area contributed by atoms with Gasteiger partial charge in [0.2, 0.25) is 5.78 Å². The van der Waals surface area contributed by atoms with Crippen LogP contribution in [0.1, 0.15) is 82.7 Å². The van der Waals surface area contributed by atoms with Crippen molar-refractivity contribution in [3.05, 3.63) is 107 Å². The van der Waals surface area contributed by atoms with Crippen molar-refractivity contribution >= 4 is 17.3 Å². The fourth-order valence-electron chi connectivity index (χ4n) is 4.29. The number of carbonyl (C=O) groups is 3. The first-order chi connectivity index (χ1) is 17.0. The molecular weight excluding hydrogens is 452 g/mol. The van der Waals surface area contributed by atoms with Gasteiger partial charge in [0.25, 0.3) is 0 Å². The summed E-state index contributed by atoms with van der Waals surface area (Å²) in [4.78, 5) is 36.9. The zero-order valence-corrected chi connectivity index (χ0v) is 21.3. The Bertz CT molecular complexity index is 1340. The molecule has 0 saturated heterocycles. The van der Waals surface area contributed by atoms with Gasteiger partial charge in [-0.1, -0.05) is 63.7 Å². The lowest BCUT2D eigenvalue weighted by Gasteiger charge is -2.22. The van der Waals surface area contributed by atoms with Gasteiger partial charge in [-0.2, -0.15) is 0 Å². The molecule has 0 fully saturated rings. The maximum atomic E-state index is 13.6. The molecule has 1 heterocycles. The lowest BCUT2D eigenvalue weighted by Crippen LogP contribution is -2.31. The van der Waals surface area contributed by atoms with Crippen LogP contribution in [0.5, 0.6) is 11.5 Å². The Morgan fingerprint density at radius 1 is 0.806 bits per heavy atom. The molecule has 1 aliphatic rings. The smallest absolute Gasteiger partial charge is 0.204 e. The van der Waals surface area contributed by atoms with Crippen LogP contribution in [0.3, 0.4) is 0 Å². The van der Waals surface area contributed by atoms with Gasteiger partial charge < -0.3 is 9.47 Å². The highest BCUT2D eigenvalue weighted by atomic mass is 16.5. The average Bonchev–Trinajstić information content (AvgIpc) is 3.22. The van der Waals surface area contributed by atoms with E-state index in [2.05, 4.69) is 33.4 Å². The Balaban J connectivity index is 1.70. The molecule has 0 saturated carbocycles. The molecule has 0 aliphatic carbocycles. The van der Waals surface area contributed by atoms with Crippen LogP contribution in [0.2, 0.25) is 0 Å². The lowest BCUT2D eigenvalue weighted by molar-refractivity contribution is 0.0789. The van der Waals surface area contributed by atoms with Crippen LogP contribution in [0.15, 0.2) is 79.1 Å². The van der Waals surface area contributed by atoms with Crippen molar-refractivity contribution in [2.24, 2.45) is 0 Å². The summed E-state index contributed by atoms with van der Waals surface area (Å²) in [6, 6.07) is 19.3. The van der Waals surface area contributed by atoms with E-state index in [1.54, 1.807) is 48.5 Å². The van der Waals surface area contributed by atoms with Crippen molar-refractivity contribution in [3.8, 4) is 11.5 Å². The highest BCUT2D eigenvalue weighted by Gasteiger charge is 2.43. The summed E-state index contributed by atoms with van der Waals surface area (Å²) in [7, 11) is 0. The van der Waals surface area contributed by atoms with E-state index < -0.39 is 12.0 Å². The first-order valence-corrected chi connectivity index (χ1v) is 11.9. The van der Waals surface area contributed by atoms with Crippen molar-refractivity contribution in [1.29, 1.82) is 0 Å².